The second-order valence-electron chi connectivity index (χ2n) is 4.62. The summed E-state index contributed by atoms with van der Waals surface area (Å²) in [6, 6.07) is 0. The predicted molar refractivity (Wildman–Crippen MR) is 68.2 cm³/mol. The number of anilines is 1. The quantitative estimate of drug-likeness (QED) is 0.607. The number of nitrogens with two attached hydrogens (primary N) is 1. The molecule has 0 unspecified atom stereocenters. The van der Waals surface area contributed by atoms with Crippen LogP contribution < -0.4 is 11.3 Å². The third-order valence-corrected chi connectivity index (χ3v) is 3.06. The van der Waals surface area contributed by atoms with E-state index in [2.05, 4.69) is 15.4 Å². The molecule has 1 fully saturated rings. The molecule has 0 atom stereocenters. The van der Waals surface area contributed by atoms with Crippen LogP contribution in [0.4, 0.5) is 19.0 Å². The van der Waals surface area contributed by atoms with Gasteiger partial charge in [-0.3, -0.25) is 14.7 Å². The van der Waals surface area contributed by atoms with Gasteiger partial charge in [-0.15, -0.1) is 0 Å². The van der Waals surface area contributed by atoms with Crippen molar-refractivity contribution in [1.29, 1.82) is 0 Å². The molecule has 0 aliphatic carbocycles. The van der Waals surface area contributed by atoms with Gasteiger partial charge in [0.25, 0.3) is 5.91 Å². The van der Waals surface area contributed by atoms with Crippen molar-refractivity contribution in [3.8, 4) is 0 Å². The fourth-order valence-corrected chi connectivity index (χ4v) is 2.06. The van der Waals surface area contributed by atoms with Gasteiger partial charge < -0.3 is 10.3 Å². The van der Waals surface area contributed by atoms with Gasteiger partial charge in [-0.2, -0.15) is 13.2 Å². The van der Waals surface area contributed by atoms with Gasteiger partial charge in [0, 0.05) is 26.2 Å². The van der Waals surface area contributed by atoms with Gasteiger partial charge in [-0.1, -0.05) is 0 Å². The molecule has 1 aromatic heterocycles. The lowest BCUT2D eigenvalue weighted by Gasteiger charge is -2.34. The molecule has 0 aromatic carbocycles. The molecule has 0 bridgehead atoms. The fourth-order valence-electron chi connectivity index (χ4n) is 2.06. The molecular formula is C11H15F3N6O. The minimum Gasteiger partial charge on any atom is -0.335 e. The summed E-state index contributed by atoms with van der Waals surface area (Å²) in [5.74, 6) is 5.06. The van der Waals surface area contributed by atoms with Crippen LogP contribution in [0.1, 0.15) is 10.5 Å². The zero-order valence-electron chi connectivity index (χ0n) is 11.1. The number of hydrogen-bond donors (Lipinski definition) is 2. The monoisotopic (exact) mass is 304 g/mol. The Morgan fingerprint density at radius 1 is 1.29 bits per heavy atom. The summed E-state index contributed by atoms with van der Waals surface area (Å²) in [7, 11) is 0. The summed E-state index contributed by atoms with van der Waals surface area (Å²) in [4.78, 5) is 22.7. The average Bonchev–Trinajstić information content (AvgIpc) is 2.46. The van der Waals surface area contributed by atoms with Crippen molar-refractivity contribution >= 4 is 11.7 Å². The molecule has 10 heteroatoms. The van der Waals surface area contributed by atoms with Crippen LogP contribution in [0, 0.1) is 0 Å². The zero-order chi connectivity index (χ0) is 15.5. The van der Waals surface area contributed by atoms with Crippen LogP contribution in [-0.4, -0.2) is 64.6 Å². The lowest BCUT2D eigenvalue weighted by atomic mass is 10.2. The van der Waals surface area contributed by atoms with Gasteiger partial charge in [0.05, 0.1) is 18.9 Å². The molecule has 0 saturated carbocycles. The van der Waals surface area contributed by atoms with E-state index in [1.807, 2.05) is 0 Å². The Bertz CT molecular complexity index is 501. The highest BCUT2D eigenvalue weighted by molar-refractivity contribution is 5.92. The van der Waals surface area contributed by atoms with Gasteiger partial charge >= 0.3 is 6.18 Å². The highest BCUT2D eigenvalue weighted by Gasteiger charge is 2.33. The first kappa shape index (κ1) is 15.4. The molecular weight excluding hydrogens is 289 g/mol. The average molecular weight is 304 g/mol. The van der Waals surface area contributed by atoms with Crippen molar-refractivity contribution in [2.24, 2.45) is 5.84 Å². The van der Waals surface area contributed by atoms with Crippen LogP contribution in [0.3, 0.4) is 0 Å². The van der Waals surface area contributed by atoms with E-state index in [9.17, 15) is 18.0 Å². The number of nitrogens with zero attached hydrogens (tertiary/aromatic N) is 4. The Morgan fingerprint density at radius 3 is 2.52 bits per heavy atom. The second kappa shape index (κ2) is 6.22. The van der Waals surface area contributed by atoms with E-state index < -0.39 is 12.7 Å². The smallest absolute Gasteiger partial charge is 0.335 e. The van der Waals surface area contributed by atoms with Crippen molar-refractivity contribution in [3.63, 3.8) is 0 Å². The Hall–Kier alpha value is -1.94. The fraction of sp³-hybridized carbons (Fsp3) is 0.545. The third kappa shape index (κ3) is 4.26. The highest BCUT2D eigenvalue weighted by atomic mass is 19.4. The van der Waals surface area contributed by atoms with Crippen molar-refractivity contribution in [1.82, 2.24) is 19.8 Å². The van der Waals surface area contributed by atoms with E-state index in [1.54, 1.807) is 0 Å². The Balaban J connectivity index is 1.94. The van der Waals surface area contributed by atoms with Crippen LogP contribution in [0.5, 0.6) is 0 Å². The van der Waals surface area contributed by atoms with Crippen LogP contribution in [0.25, 0.3) is 0 Å². The Kier molecular flexibility index (Phi) is 4.58. The molecule has 7 nitrogen and oxygen atoms in total. The number of piperazine rings is 1. The Labute approximate surface area is 118 Å². The van der Waals surface area contributed by atoms with Gasteiger partial charge in [-0.05, 0) is 0 Å². The van der Waals surface area contributed by atoms with E-state index in [-0.39, 0.29) is 43.6 Å². The number of halogens is 3. The number of alkyl halides is 3. The van der Waals surface area contributed by atoms with Crippen molar-refractivity contribution in [2.75, 3.05) is 38.1 Å². The van der Waals surface area contributed by atoms with Gasteiger partial charge in [0.1, 0.15) is 5.69 Å². The number of carbonyl (C=O) groups is 1. The summed E-state index contributed by atoms with van der Waals surface area (Å²) in [5, 5.41) is 0. The van der Waals surface area contributed by atoms with Crippen LogP contribution in [0.15, 0.2) is 12.4 Å². The van der Waals surface area contributed by atoms with E-state index in [1.165, 1.54) is 22.2 Å². The number of aromatic nitrogens is 2. The van der Waals surface area contributed by atoms with Crippen molar-refractivity contribution in [3.05, 3.63) is 18.1 Å². The summed E-state index contributed by atoms with van der Waals surface area (Å²) in [6.07, 6.45) is -1.57. The number of hydrogen-bond acceptors (Lipinski definition) is 6. The summed E-state index contributed by atoms with van der Waals surface area (Å²) in [6.45, 7) is -0.170. The van der Waals surface area contributed by atoms with Crippen LogP contribution in [0.2, 0.25) is 0 Å². The summed E-state index contributed by atoms with van der Waals surface area (Å²) < 4.78 is 36.9. The molecule has 3 N–H and O–H groups in total. The zero-order valence-corrected chi connectivity index (χ0v) is 11.1. The van der Waals surface area contributed by atoms with E-state index in [0.717, 1.165) is 0 Å². The molecule has 0 spiro atoms. The first-order valence-electron chi connectivity index (χ1n) is 6.26. The number of nitrogens with one attached hydrogen (secondary N) is 1. The van der Waals surface area contributed by atoms with Gasteiger partial charge in [-0.25, -0.2) is 10.8 Å². The second-order valence-corrected chi connectivity index (χ2v) is 4.62. The lowest BCUT2D eigenvalue weighted by molar-refractivity contribution is -0.148. The predicted octanol–water partition coefficient (Wildman–Crippen LogP) is 0.0823. The summed E-state index contributed by atoms with van der Waals surface area (Å²) in [5.41, 5.74) is 2.39. The highest BCUT2D eigenvalue weighted by Crippen LogP contribution is 2.18. The van der Waals surface area contributed by atoms with Gasteiger partial charge in [0.2, 0.25) is 0 Å². The molecule has 1 amide bonds. The normalized spacial score (nSPS) is 16.9. The third-order valence-electron chi connectivity index (χ3n) is 3.06. The molecule has 1 saturated heterocycles. The van der Waals surface area contributed by atoms with Crippen LogP contribution in [-0.2, 0) is 0 Å². The molecule has 116 valence electrons. The molecule has 2 heterocycles. The molecule has 1 aromatic rings. The van der Waals surface area contributed by atoms with E-state index in [4.69, 9.17) is 5.84 Å². The first-order chi connectivity index (χ1) is 9.89. The number of carbonyl (C=O) groups excluding carboxylic acids is 1. The van der Waals surface area contributed by atoms with Gasteiger partial charge in [0.15, 0.2) is 5.82 Å². The molecule has 21 heavy (non-hydrogen) atoms. The topological polar surface area (TPSA) is 87.4 Å². The van der Waals surface area contributed by atoms with E-state index >= 15 is 0 Å². The van der Waals surface area contributed by atoms with E-state index in [0.29, 0.717) is 0 Å². The minimum atomic E-state index is -4.22. The lowest BCUT2D eigenvalue weighted by Crippen LogP contribution is -2.51. The number of hydrazine groups is 1. The maximum Gasteiger partial charge on any atom is 0.401 e. The number of rotatable bonds is 3. The standard InChI is InChI=1S/C11H15F3N6O/c12-11(13,14)7-19-1-3-20(4-2-19)10(21)8-5-16-6-9(17-8)18-15/h5-6H,1-4,7,15H2,(H,17,18). The van der Waals surface area contributed by atoms with Crippen molar-refractivity contribution in [2.45, 2.75) is 6.18 Å². The largest absolute Gasteiger partial charge is 0.401 e. The number of amides is 1. The maximum absolute atomic E-state index is 12.3. The summed E-state index contributed by atoms with van der Waals surface area (Å²) >= 11 is 0. The molecule has 1 aliphatic heterocycles. The molecule has 2 rings (SSSR count). The first-order valence-corrected chi connectivity index (χ1v) is 6.26. The van der Waals surface area contributed by atoms with Crippen molar-refractivity contribution < 1.29 is 18.0 Å². The molecule has 1 aliphatic rings. The number of nitrogen functional groups attached to an aromatic ring is 1. The minimum absolute atomic E-state index is 0.106. The van der Waals surface area contributed by atoms with Crippen LogP contribution >= 0.6 is 0 Å². The maximum atomic E-state index is 12.3. The SMILES string of the molecule is NNc1cncc(C(=O)N2CCN(CC(F)(F)F)CC2)n1. The molecule has 0 radical (unpaired) electrons. The Morgan fingerprint density at radius 2 is 1.95 bits per heavy atom.